The van der Waals surface area contributed by atoms with Gasteiger partial charge in [0.1, 0.15) is 17.5 Å². The number of hydrogen-bond donors (Lipinski definition) is 2. The molecule has 0 spiro atoms. The summed E-state index contributed by atoms with van der Waals surface area (Å²) in [4.78, 5) is 20.5. The van der Waals surface area contributed by atoms with Gasteiger partial charge < -0.3 is 15.2 Å². The number of aliphatic hydroxyl groups is 1. The molecule has 0 heterocycles. The molecule has 0 amide bonds. The van der Waals surface area contributed by atoms with E-state index in [2.05, 4.69) is 5.32 Å². The third-order valence-electron chi connectivity index (χ3n) is 3.35. The highest BCUT2D eigenvalue weighted by atomic mass is 16.6. The van der Waals surface area contributed by atoms with Gasteiger partial charge in [-0.2, -0.15) is 0 Å². The van der Waals surface area contributed by atoms with Crippen LogP contribution in [0, 0.1) is 20.2 Å². The van der Waals surface area contributed by atoms with E-state index in [0.717, 1.165) is 0 Å². The first kappa shape index (κ1) is 17.2. The van der Waals surface area contributed by atoms with Crippen LogP contribution in [0.25, 0.3) is 0 Å². The molecule has 0 aliphatic rings. The van der Waals surface area contributed by atoms with Crippen molar-refractivity contribution in [2.45, 2.75) is 6.10 Å². The van der Waals surface area contributed by atoms with Crippen LogP contribution in [0.4, 0.5) is 17.1 Å². The van der Waals surface area contributed by atoms with E-state index < -0.39 is 16.0 Å². The molecule has 0 saturated carbocycles. The van der Waals surface area contributed by atoms with Crippen molar-refractivity contribution in [1.29, 1.82) is 0 Å². The van der Waals surface area contributed by atoms with E-state index in [9.17, 15) is 25.3 Å². The molecule has 2 rings (SSSR count). The second kappa shape index (κ2) is 7.38. The maximum absolute atomic E-state index is 10.9. The first-order valence-electron chi connectivity index (χ1n) is 6.94. The highest BCUT2D eigenvalue weighted by Crippen LogP contribution is 2.31. The Morgan fingerprint density at radius 2 is 1.79 bits per heavy atom. The summed E-state index contributed by atoms with van der Waals surface area (Å²) >= 11 is 0. The number of non-ortho nitro benzene ring substituents is 1. The third-order valence-corrected chi connectivity index (χ3v) is 3.35. The molecule has 24 heavy (non-hydrogen) atoms. The smallest absolute Gasteiger partial charge is 0.292 e. The number of hydrogen-bond acceptors (Lipinski definition) is 7. The van der Waals surface area contributed by atoms with Gasteiger partial charge in [0.15, 0.2) is 0 Å². The molecular formula is C15H15N3O6. The Balaban J connectivity index is 2.23. The molecule has 0 radical (unpaired) electrons. The van der Waals surface area contributed by atoms with Crippen molar-refractivity contribution < 1.29 is 19.7 Å². The van der Waals surface area contributed by atoms with Crippen molar-refractivity contribution in [1.82, 2.24) is 0 Å². The summed E-state index contributed by atoms with van der Waals surface area (Å²) in [5.41, 5.74) is 0.661. The van der Waals surface area contributed by atoms with Crippen LogP contribution in [0.3, 0.4) is 0 Å². The maximum Gasteiger partial charge on any atom is 0.292 e. The zero-order valence-electron chi connectivity index (χ0n) is 12.7. The number of anilines is 1. The largest absolute Gasteiger partial charge is 0.483 e. The van der Waals surface area contributed by atoms with Gasteiger partial charge in [0.05, 0.1) is 16.5 Å². The lowest BCUT2D eigenvalue weighted by Crippen LogP contribution is -2.12. The van der Waals surface area contributed by atoms with Gasteiger partial charge in [0.25, 0.3) is 11.4 Å². The van der Waals surface area contributed by atoms with E-state index in [4.69, 9.17) is 4.74 Å². The van der Waals surface area contributed by atoms with Crippen LogP contribution in [0.2, 0.25) is 0 Å². The molecule has 1 atom stereocenters. The van der Waals surface area contributed by atoms with Gasteiger partial charge in [0, 0.05) is 31.3 Å². The van der Waals surface area contributed by atoms with Crippen LogP contribution < -0.4 is 10.1 Å². The molecule has 2 N–H and O–H groups in total. The SMILES string of the molecule is CNc1cc(OC(CO)c2ccc([N+](=O)[O-])cc2)ccc1[N+](=O)[O-]. The van der Waals surface area contributed by atoms with Crippen LogP contribution in [0.15, 0.2) is 42.5 Å². The average Bonchev–Trinajstić information content (AvgIpc) is 2.59. The Labute approximate surface area is 136 Å². The highest BCUT2D eigenvalue weighted by Gasteiger charge is 2.17. The van der Waals surface area contributed by atoms with E-state index in [-0.39, 0.29) is 23.7 Å². The lowest BCUT2D eigenvalue weighted by Gasteiger charge is -2.17. The van der Waals surface area contributed by atoms with Crippen LogP contribution >= 0.6 is 0 Å². The molecule has 9 heteroatoms. The van der Waals surface area contributed by atoms with Gasteiger partial charge in [-0.1, -0.05) is 0 Å². The van der Waals surface area contributed by atoms with Crippen molar-refractivity contribution in [2.24, 2.45) is 0 Å². The van der Waals surface area contributed by atoms with Crippen LogP contribution in [-0.2, 0) is 0 Å². The minimum Gasteiger partial charge on any atom is -0.483 e. The van der Waals surface area contributed by atoms with Crippen LogP contribution in [0.1, 0.15) is 11.7 Å². The van der Waals surface area contributed by atoms with E-state index >= 15 is 0 Å². The number of aliphatic hydroxyl groups excluding tert-OH is 1. The molecule has 0 fully saturated rings. The van der Waals surface area contributed by atoms with E-state index in [1.807, 2.05) is 0 Å². The molecule has 0 saturated heterocycles. The van der Waals surface area contributed by atoms with Gasteiger partial charge in [-0.15, -0.1) is 0 Å². The summed E-state index contributed by atoms with van der Waals surface area (Å²) in [6.45, 7) is -0.357. The Morgan fingerprint density at radius 3 is 2.29 bits per heavy atom. The lowest BCUT2D eigenvalue weighted by molar-refractivity contribution is -0.384. The molecule has 0 aromatic heterocycles. The highest BCUT2D eigenvalue weighted by molar-refractivity contribution is 5.63. The number of rotatable bonds is 7. The Morgan fingerprint density at radius 1 is 1.12 bits per heavy atom. The van der Waals surface area contributed by atoms with Crippen molar-refractivity contribution in [3.8, 4) is 5.75 Å². The molecule has 0 bridgehead atoms. The van der Waals surface area contributed by atoms with Crippen LogP contribution in [0.5, 0.6) is 5.75 Å². The molecule has 1 unspecified atom stereocenters. The normalized spacial score (nSPS) is 11.6. The topological polar surface area (TPSA) is 128 Å². The summed E-state index contributed by atoms with van der Waals surface area (Å²) in [5.74, 6) is 0.322. The predicted octanol–water partition coefficient (Wildman–Crippen LogP) is 2.66. The van der Waals surface area contributed by atoms with E-state index in [1.54, 1.807) is 7.05 Å². The lowest BCUT2D eigenvalue weighted by atomic mass is 10.1. The number of nitro benzene ring substituents is 2. The molecule has 126 valence electrons. The zero-order chi connectivity index (χ0) is 17.7. The number of ether oxygens (including phenoxy) is 1. The summed E-state index contributed by atoms with van der Waals surface area (Å²) in [7, 11) is 1.55. The van der Waals surface area contributed by atoms with Crippen molar-refractivity contribution >= 4 is 17.1 Å². The number of nitrogens with zero attached hydrogens (tertiary/aromatic N) is 2. The molecule has 9 nitrogen and oxygen atoms in total. The fourth-order valence-corrected chi connectivity index (χ4v) is 2.13. The van der Waals surface area contributed by atoms with Gasteiger partial charge in [-0.05, 0) is 23.8 Å². The quantitative estimate of drug-likeness (QED) is 0.588. The van der Waals surface area contributed by atoms with Crippen molar-refractivity contribution in [3.05, 3.63) is 68.3 Å². The Hall–Kier alpha value is -3.20. The molecule has 2 aromatic carbocycles. The second-order valence-electron chi connectivity index (χ2n) is 4.82. The fraction of sp³-hybridized carbons (Fsp3) is 0.200. The van der Waals surface area contributed by atoms with Crippen molar-refractivity contribution in [3.63, 3.8) is 0 Å². The maximum atomic E-state index is 10.9. The Bertz CT molecular complexity index is 747. The van der Waals surface area contributed by atoms with E-state index in [0.29, 0.717) is 11.3 Å². The van der Waals surface area contributed by atoms with Crippen molar-refractivity contribution in [2.75, 3.05) is 19.0 Å². The number of benzene rings is 2. The minimum absolute atomic E-state index is 0.0664. The zero-order valence-corrected chi connectivity index (χ0v) is 12.7. The fourth-order valence-electron chi connectivity index (χ4n) is 2.13. The van der Waals surface area contributed by atoms with Gasteiger partial charge in [0.2, 0.25) is 0 Å². The summed E-state index contributed by atoms with van der Waals surface area (Å²) in [6, 6.07) is 9.78. The van der Waals surface area contributed by atoms with Crippen LogP contribution in [-0.4, -0.2) is 28.6 Å². The molecule has 2 aromatic rings. The average molecular weight is 333 g/mol. The van der Waals surface area contributed by atoms with Gasteiger partial charge in [-0.3, -0.25) is 20.2 Å². The van der Waals surface area contributed by atoms with E-state index in [1.165, 1.54) is 42.5 Å². The summed E-state index contributed by atoms with van der Waals surface area (Å²) < 4.78 is 5.64. The molecule has 0 aliphatic heterocycles. The third kappa shape index (κ3) is 3.76. The predicted molar refractivity (Wildman–Crippen MR) is 86.2 cm³/mol. The second-order valence-corrected chi connectivity index (χ2v) is 4.82. The monoisotopic (exact) mass is 333 g/mol. The number of nitrogens with one attached hydrogen (secondary N) is 1. The first-order chi connectivity index (χ1) is 11.5. The molecular weight excluding hydrogens is 318 g/mol. The minimum atomic E-state index is -0.753. The molecule has 0 aliphatic carbocycles. The first-order valence-corrected chi connectivity index (χ1v) is 6.94. The van der Waals surface area contributed by atoms with Gasteiger partial charge >= 0.3 is 0 Å². The number of nitro groups is 2. The van der Waals surface area contributed by atoms with Gasteiger partial charge in [-0.25, -0.2) is 0 Å². The Kier molecular flexibility index (Phi) is 5.27. The summed E-state index contributed by atoms with van der Waals surface area (Å²) in [6.07, 6.45) is -0.753. The summed E-state index contributed by atoms with van der Waals surface area (Å²) in [5, 5.41) is 33.8. The standard InChI is InChI=1S/C15H15N3O6/c1-16-13-8-12(6-7-14(13)18(22)23)24-15(9-19)10-2-4-11(5-3-10)17(20)21/h2-8,15-16,19H,9H2,1H3.